The molecule has 1 saturated carbocycles. The third kappa shape index (κ3) is 3.29. The van der Waals surface area contributed by atoms with Gasteiger partial charge in [-0.2, -0.15) is 5.10 Å². The molecule has 1 saturated heterocycles. The second kappa shape index (κ2) is 5.33. The first-order chi connectivity index (χ1) is 10.6. The number of aryl methyl sites for hydroxylation is 1. The van der Waals surface area contributed by atoms with Gasteiger partial charge >= 0.3 is 0 Å². The van der Waals surface area contributed by atoms with E-state index in [4.69, 9.17) is 0 Å². The van der Waals surface area contributed by atoms with Crippen molar-refractivity contribution in [2.75, 3.05) is 18.1 Å². The number of rotatable bonds is 2. The van der Waals surface area contributed by atoms with Crippen molar-refractivity contribution < 1.29 is 13.2 Å². The van der Waals surface area contributed by atoms with Crippen LogP contribution in [0.15, 0.2) is 12.4 Å². The van der Waals surface area contributed by atoms with Crippen LogP contribution < -0.4 is 0 Å². The molecule has 1 aliphatic carbocycles. The van der Waals surface area contributed by atoms with Crippen molar-refractivity contribution in [1.29, 1.82) is 0 Å². The van der Waals surface area contributed by atoms with Crippen LogP contribution in [-0.2, 0) is 21.7 Å². The lowest BCUT2D eigenvalue weighted by Crippen LogP contribution is -2.56. The Morgan fingerprint density at radius 3 is 2.61 bits per heavy atom. The Bertz CT molecular complexity index is 717. The lowest BCUT2D eigenvalue weighted by Gasteiger charge is -2.43. The summed E-state index contributed by atoms with van der Waals surface area (Å²) in [4.78, 5) is 14.7. The molecule has 3 atom stereocenters. The van der Waals surface area contributed by atoms with Gasteiger partial charge in [0.2, 0.25) is 5.91 Å². The predicted octanol–water partition coefficient (Wildman–Crippen LogP) is 1.20. The van der Waals surface area contributed by atoms with Crippen LogP contribution >= 0.6 is 0 Å². The summed E-state index contributed by atoms with van der Waals surface area (Å²) in [7, 11) is -1.19. The van der Waals surface area contributed by atoms with Gasteiger partial charge in [0.15, 0.2) is 9.84 Å². The molecule has 128 valence electrons. The van der Waals surface area contributed by atoms with Gasteiger partial charge in [0.25, 0.3) is 0 Å². The van der Waals surface area contributed by atoms with E-state index in [1.807, 2.05) is 45.1 Å². The average Bonchev–Trinajstić information content (AvgIpc) is 3.11. The van der Waals surface area contributed by atoms with E-state index in [9.17, 15) is 13.2 Å². The zero-order chi connectivity index (χ0) is 17.0. The predicted molar refractivity (Wildman–Crippen MR) is 87.7 cm³/mol. The number of amides is 1. The lowest BCUT2D eigenvalue weighted by molar-refractivity contribution is -0.136. The van der Waals surface area contributed by atoms with Crippen molar-refractivity contribution in [3.63, 3.8) is 0 Å². The quantitative estimate of drug-likeness (QED) is 0.811. The van der Waals surface area contributed by atoms with Gasteiger partial charge < -0.3 is 4.90 Å². The molecule has 0 radical (unpaired) electrons. The van der Waals surface area contributed by atoms with Crippen molar-refractivity contribution in [3.05, 3.63) is 18.0 Å². The van der Waals surface area contributed by atoms with Crippen molar-refractivity contribution in [2.24, 2.45) is 18.4 Å². The first kappa shape index (κ1) is 16.5. The molecule has 0 spiro atoms. The Kier molecular flexibility index (Phi) is 3.82. The topological polar surface area (TPSA) is 72.3 Å². The van der Waals surface area contributed by atoms with Gasteiger partial charge in [-0.05, 0) is 23.3 Å². The molecule has 1 amide bonds. The van der Waals surface area contributed by atoms with E-state index in [1.165, 1.54) is 0 Å². The van der Waals surface area contributed by atoms with Crippen LogP contribution in [0.2, 0.25) is 0 Å². The largest absolute Gasteiger partial charge is 0.337 e. The second-order valence-electron chi connectivity index (χ2n) is 7.92. The molecule has 0 aromatic carbocycles. The first-order valence-electron chi connectivity index (χ1n) is 8.08. The molecule has 0 N–H and O–H groups in total. The Hall–Kier alpha value is -1.37. The summed E-state index contributed by atoms with van der Waals surface area (Å²) >= 11 is 0. The summed E-state index contributed by atoms with van der Waals surface area (Å²) < 4.78 is 25.8. The molecule has 1 aromatic heterocycles. The fraction of sp³-hybridized carbons (Fsp3) is 0.750. The van der Waals surface area contributed by atoms with E-state index in [1.54, 1.807) is 4.68 Å². The molecular weight excluding hydrogens is 314 g/mol. The Balaban J connectivity index is 1.76. The van der Waals surface area contributed by atoms with Crippen LogP contribution in [-0.4, -0.2) is 53.1 Å². The molecule has 2 fully saturated rings. The highest BCUT2D eigenvalue weighted by atomic mass is 32.2. The molecule has 6 nitrogen and oxygen atoms in total. The minimum Gasteiger partial charge on any atom is -0.337 e. The van der Waals surface area contributed by atoms with Crippen LogP contribution in [0.4, 0.5) is 0 Å². The molecule has 0 bridgehead atoms. The molecule has 1 aromatic rings. The Labute approximate surface area is 137 Å². The van der Waals surface area contributed by atoms with Gasteiger partial charge in [0, 0.05) is 25.7 Å². The van der Waals surface area contributed by atoms with Crippen LogP contribution in [0.25, 0.3) is 0 Å². The SMILES string of the molecule is Cn1cc([C@@H]2C[C@H]2C(=O)N2CCS(=O)(=O)CC2C(C)(C)C)cn1. The minimum absolute atomic E-state index is 0.0233. The van der Waals surface area contributed by atoms with Gasteiger partial charge in [-0.3, -0.25) is 9.48 Å². The standard InChI is InChI=1S/C16H25N3O3S/c1-16(2,3)14-10-23(21,22)6-5-19(14)15(20)13-7-12(13)11-8-17-18(4)9-11/h8-9,12-14H,5-7,10H2,1-4H3/t12-,13+,14?/m0/s1. The van der Waals surface area contributed by atoms with Crippen LogP contribution in [0, 0.1) is 11.3 Å². The maximum atomic E-state index is 12.9. The third-order valence-electron chi connectivity index (χ3n) is 4.97. The van der Waals surface area contributed by atoms with Gasteiger partial charge in [0.05, 0.1) is 23.7 Å². The smallest absolute Gasteiger partial charge is 0.226 e. The Morgan fingerprint density at radius 2 is 2.04 bits per heavy atom. The normalized spacial score (nSPS) is 30.3. The van der Waals surface area contributed by atoms with Crippen LogP contribution in [0.5, 0.6) is 0 Å². The molecule has 2 aliphatic rings. The summed E-state index contributed by atoms with van der Waals surface area (Å²) in [6.45, 7) is 6.33. The third-order valence-corrected chi connectivity index (χ3v) is 6.60. The number of nitrogens with zero attached hydrogens (tertiary/aromatic N) is 3. The maximum Gasteiger partial charge on any atom is 0.226 e. The number of carbonyl (C=O) groups excluding carboxylic acids is 1. The summed E-state index contributed by atoms with van der Waals surface area (Å²) in [5.41, 5.74) is 0.852. The van der Waals surface area contributed by atoms with Crippen LogP contribution in [0.1, 0.15) is 38.7 Å². The number of hydrogen-bond acceptors (Lipinski definition) is 4. The fourth-order valence-electron chi connectivity index (χ4n) is 3.47. The molecule has 3 rings (SSSR count). The van der Waals surface area contributed by atoms with Gasteiger partial charge in [0.1, 0.15) is 0 Å². The van der Waals surface area contributed by atoms with Gasteiger partial charge in [-0.25, -0.2) is 8.42 Å². The average molecular weight is 339 g/mol. The van der Waals surface area contributed by atoms with Crippen molar-refractivity contribution in [3.8, 4) is 0 Å². The van der Waals surface area contributed by atoms with Gasteiger partial charge in [-0.1, -0.05) is 20.8 Å². The maximum absolute atomic E-state index is 12.9. The van der Waals surface area contributed by atoms with E-state index in [2.05, 4.69) is 5.10 Å². The lowest BCUT2D eigenvalue weighted by atomic mass is 9.86. The van der Waals surface area contributed by atoms with Gasteiger partial charge in [-0.15, -0.1) is 0 Å². The van der Waals surface area contributed by atoms with E-state index < -0.39 is 9.84 Å². The monoisotopic (exact) mass is 339 g/mol. The minimum atomic E-state index is -3.06. The zero-order valence-corrected chi connectivity index (χ0v) is 15.0. The van der Waals surface area contributed by atoms with E-state index >= 15 is 0 Å². The van der Waals surface area contributed by atoms with Crippen molar-refractivity contribution in [2.45, 2.75) is 39.2 Å². The van der Waals surface area contributed by atoms with E-state index in [0.717, 1.165) is 12.0 Å². The van der Waals surface area contributed by atoms with Crippen molar-refractivity contribution >= 4 is 15.7 Å². The molecule has 1 aliphatic heterocycles. The number of hydrogen-bond donors (Lipinski definition) is 0. The first-order valence-corrected chi connectivity index (χ1v) is 9.90. The summed E-state index contributed by atoms with van der Waals surface area (Å²) in [5, 5.41) is 4.17. The highest BCUT2D eigenvalue weighted by Crippen LogP contribution is 2.49. The molecular formula is C16H25N3O3S. The Morgan fingerprint density at radius 1 is 1.35 bits per heavy atom. The molecule has 2 heterocycles. The highest BCUT2D eigenvalue weighted by Gasteiger charge is 2.50. The highest BCUT2D eigenvalue weighted by molar-refractivity contribution is 7.91. The van der Waals surface area contributed by atoms with Crippen molar-refractivity contribution in [1.82, 2.24) is 14.7 Å². The number of sulfone groups is 1. The summed E-state index contributed by atoms with van der Waals surface area (Å²) in [6, 6.07) is -0.246. The molecule has 1 unspecified atom stereocenters. The number of carbonyl (C=O) groups is 1. The van der Waals surface area contributed by atoms with E-state index in [-0.39, 0.29) is 40.7 Å². The summed E-state index contributed by atoms with van der Waals surface area (Å²) in [5.74, 6) is 0.469. The zero-order valence-electron chi connectivity index (χ0n) is 14.2. The second-order valence-corrected chi connectivity index (χ2v) is 10.2. The summed E-state index contributed by atoms with van der Waals surface area (Å²) in [6.07, 6.45) is 4.62. The molecule has 7 heteroatoms. The number of aromatic nitrogens is 2. The molecule has 23 heavy (non-hydrogen) atoms. The fourth-order valence-corrected chi connectivity index (χ4v) is 5.27. The van der Waals surface area contributed by atoms with Crippen LogP contribution in [0.3, 0.4) is 0 Å². The van der Waals surface area contributed by atoms with E-state index in [0.29, 0.717) is 6.54 Å².